The summed E-state index contributed by atoms with van der Waals surface area (Å²) >= 11 is 0. The Morgan fingerprint density at radius 1 is 1.07 bits per heavy atom. The van der Waals surface area contributed by atoms with E-state index in [-0.39, 0.29) is 0 Å². The van der Waals surface area contributed by atoms with E-state index in [2.05, 4.69) is 27.7 Å². The summed E-state index contributed by atoms with van der Waals surface area (Å²) in [5.41, 5.74) is 11.9. The maximum atomic E-state index is 6.15. The molecule has 86 valence electrons. The van der Waals surface area contributed by atoms with Gasteiger partial charge in [-0.05, 0) is 30.7 Å². The van der Waals surface area contributed by atoms with E-state index in [4.69, 9.17) is 11.5 Å². The summed E-state index contributed by atoms with van der Waals surface area (Å²) in [4.78, 5) is 0. The third-order valence-electron chi connectivity index (χ3n) is 3.25. The van der Waals surface area contributed by atoms with Gasteiger partial charge in [-0.25, -0.2) is 0 Å². The minimum atomic E-state index is 0.327. The monoisotopic (exact) mass is 200 g/mol. The Hall–Kier alpha value is -0.0800. The molecular formula is C12H28N2. The number of rotatable bonds is 6. The van der Waals surface area contributed by atoms with Crippen molar-refractivity contribution in [2.24, 2.45) is 22.8 Å². The lowest BCUT2D eigenvalue weighted by Gasteiger charge is -2.32. The summed E-state index contributed by atoms with van der Waals surface area (Å²) in [5, 5.41) is 0. The van der Waals surface area contributed by atoms with E-state index < -0.39 is 0 Å². The van der Waals surface area contributed by atoms with Crippen LogP contribution in [-0.2, 0) is 0 Å². The number of unbranched alkanes of at least 4 members (excludes halogenated alkanes) is 2. The molecular weight excluding hydrogens is 172 g/mol. The Labute approximate surface area is 89.4 Å². The van der Waals surface area contributed by atoms with Crippen molar-refractivity contribution < 1.29 is 0 Å². The molecule has 0 aliphatic heterocycles. The molecule has 0 fully saturated rings. The summed E-state index contributed by atoms with van der Waals surface area (Å²) in [5.74, 6) is 0.584. The number of nitrogens with two attached hydrogens (primary N) is 2. The fourth-order valence-corrected chi connectivity index (χ4v) is 1.59. The third kappa shape index (κ3) is 5.61. The lowest BCUT2D eigenvalue weighted by Crippen LogP contribution is -2.36. The topological polar surface area (TPSA) is 52.0 Å². The first-order valence-electron chi connectivity index (χ1n) is 5.85. The van der Waals surface area contributed by atoms with Gasteiger partial charge in [0.05, 0.1) is 0 Å². The molecule has 0 amide bonds. The smallest absolute Gasteiger partial charge is 0.00695 e. The van der Waals surface area contributed by atoms with Crippen molar-refractivity contribution in [2.45, 2.75) is 59.4 Å². The van der Waals surface area contributed by atoms with Crippen molar-refractivity contribution in [2.75, 3.05) is 6.54 Å². The molecule has 0 rings (SSSR count). The van der Waals surface area contributed by atoms with Crippen LogP contribution in [0.3, 0.4) is 0 Å². The van der Waals surface area contributed by atoms with E-state index in [9.17, 15) is 0 Å². The predicted molar refractivity (Wildman–Crippen MR) is 64.1 cm³/mol. The lowest BCUT2D eigenvalue weighted by molar-refractivity contribution is 0.212. The van der Waals surface area contributed by atoms with Gasteiger partial charge in [0.15, 0.2) is 0 Å². The molecule has 0 heterocycles. The molecule has 2 unspecified atom stereocenters. The van der Waals surface area contributed by atoms with Crippen molar-refractivity contribution in [3.63, 3.8) is 0 Å². The van der Waals surface area contributed by atoms with E-state index >= 15 is 0 Å². The molecule has 0 aliphatic rings. The molecule has 0 spiro atoms. The SMILES string of the molecule is CC(C(N)CCCCCN)C(C)(C)C. The summed E-state index contributed by atoms with van der Waals surface area (Å²) in [6.07, 6.45) is 4.72. The maximum Gasteiger partial charge on any atom is 0.00695 e. The zero-order chi connectivity index (χ0) is 11.2. The summed E-state index contributed by atoms with van der Waals surface area (Å²) in [6, 6.07) is 0.341. The summed E-state index contributed by atoms with van der Waals surface area (Å²) in [7, 11) is 0. The molecule has 4 N–H and O–H groups in total. The van der Waals surface area contributed by atoms with E-state index in [1.54, 1.807) is 0 Å². The molecule has 14 heavy (non-hydrogen) atoms. The fourth-order valence-electron chi connectivity index (χ4n) is 1.59. The molecule has 0 aromatic rings. The van der Waals surface area contributed by atoms with Gasteiger partial charge in [-0.1, -0.05) is 40.5 Å². The van der Waals surface area contributed by atoms with Crippen molar-refractivity contribution in [3.05, 3.63) is 0 Å². The minimum absolute atomic E-state index is 0.327. The first kappa shape index (κ1) is 13.9. The first-order chi connectivity index (χ1) is 6.39. The van der Waals surface area contributed by atoms with Gasteiger partial charge in [0.1, 0.15) is 0 Å². The Kier molecular flexibility index (Phi) is 6.38. The van der Waals surface area contributed by atoms with Crippen molar-refractivity contribution in [3.8, 4) is 0 Å². The Bertz CT molecular complexity index is 138. The van der Waals surface area contributed by atoms with Gasteiger partial charge in [0, 0.05) is 6.04 Å². The average molecular weight is 200 g/mol. The van der Waals surface area contributed by atoms with Crippen molar-refractivity contribution >= 4 is 0 Å². The van der Waals surface area contributed by atoms with Crippen LogP contribution in [0.25, 0.3) is 0 Å². The quantitative estimate of drug-likeness (QED) is 0.647. The Balaban J connectivity index is 3.68. The maximum absolute atomic E-state index is 6.15. The van der Waals surface area contributed by atoms with Crippen LogP contribution in [0, 0.1) is 11.3 Å². The molecule has 0 aromatic heterocycles. The van der Waals surface area contributed by atoms with Crippen molar-refractivity contribution in [1.82, 2.24) is 0 Å². The third-order valence-corrected chi connectivity index (χ3v) is 3.25. The van der Waals surface area contributed by atoms with Crippen LogP contribution in [0.4, 0.5) is 0 Å². The standard InChI is InChI=1S/C12H28N2/c1-10(12(2,3)4)11(14)8-6-5-7-9-13/h10-11H,5-9,13-14H2,1-4H3. The normalized spacial score (nSPS) is 16.7. The second kappa shape index (κ2) is 6.41. The molecule has 0 radical (unpaired) electrons. The number of hydrogen-bond acceptors (Lipinski definition) is 2. The fraction of sp³-hybridized carbons (Fsp3) is 1.00. The van der Waals surface area contributed by atoms with E-state index in [1.807, 2.05) is 0 Å². The second-order valence-electron chi connectivity index (χ2n) is 5.46. The van der Waals surface area contributed by atoms with E-state index in [0.29, 0.717) is 17.4 Å². The zero-order valence-electron chi connectivity index (χ0n) is 10.3. The summed E-state index contributed by atoms with van der Waals surface area (Å²) in [6.45, 7) is 9.85. The van der Waals surface area contributed by atoms with Crippen LogP contribution in [0.1, 0.15) is 53.4 Å². The van der Waals surface area contributed by atoms with Gasteiger partial charge in [-0.2, -0.15) is 0 Å². The molecule has 0 aliphatic carbocycles. The van der Waals surface area contributed by atoms with Gasteiger partial charge >= 0.3 is 0 Å². The highest BCUT2D eigenvalue weighted by Crippen LogP contribution is 2.29. The molecule has 0 saturated heterocycles. The van der Waals surface area contributed by atoms with Crippen LogP contribution < -0.4 is 11.5 Å². The Morgan fingerprint density at radius 3 is 2.07 bits per heavy atom. The Morgan fingerprint density at radius 2 is 1.64 bits per heavy atom. The predicted octanol–water partition coefficient (Wildman–Crippen LogP) is 2.52. The molecule has 0 saturated carbocycles. The molecule has 0 bridgehead atoms. The highest BCUT2D eigenvalue weighted by Gasteiger charge is 2.25. The van der Waals surface area contributed by atoms with Gasteiger partial charge < -0.3 is 11.5 Å². The summed E-state index contributed by atoms with van der Waals surface area (Å²) < 4.78 is 0. The average Bonchev–Trinajstić information content (AvgIpc) is 2.09. The van der Waals surface area contributed by atoms with Crippen LogP contribution >= 0.6 is 0 Å². The van der Waals surface area contributed by atoms with Gasteiger partial charge in [-0.3, -0.25) is 0 Å². The van der Waals surface area contributed by atoms with Gasteiger partial charge in [0.2, 0.25) is 0 Å². The van der Waals surface area contributed by atoms with Gasteiger partial charge in [-0.15, -0.1) is 0 Å². The minimum Gasteiger partial charge on any atom is -0.330 e. The largest absolute Gasteiger partial charge is 0.330 e. The molecule has 0 aromatic carbocycles. The highest BCUT2D eigenvalue weighted by molar-refractivity contribution is 4.79. The van der Waals surface area contributed by atoms with E-state index in [1.165, 1.54) is 12.8 Å². The number of hydrogen-bond donors (Lipinski definition) is 2. The van der Waals surface area contributed by atoms with Crippen LogP contribution in [-0.4, -0.2) is 12.6 Å². The molecule has 2 nitrogen and oxygen atoms in total. The lowest BCUT2D eigenvalue weighted by atomic mass is 9.76. The van der Waals surface area contributed by atoms with Crippen LogP contribution in [0.15, 0.2) is 0 Å². The molecule has 2 atom stereocenters. The second-order valence-corrected chi connectivity index (χ2v) is 5.46. The van der Waals surface area contributed by atoms with Crippen molar-refractivity contribution in [1.29, 1.82) is 0 Å². The van der Waals surface area contributed by atoms with Crippen LogP contribution in [0.5, 0.6) is 0 Å². The highest BCUT2D eigenvalue weighted by atomic mass is 14.7. The van der Waals surface area contributed by atoms with E-state index in [0.717, 1.165) is 19.4 Å². The van der Waals surface area contributed by atoms with Crippen LogP contribution in [0.2, 0.25) is 0 Å². The molecule has 2 heteroatoms. The first-order valence-corrected chi connectivity index (χ1v) is 5.85. The van der Waals surface area contributed by atoms with Gasteiger partial charge in [0.25, 0.3) is 0 Å². The zero-order valence-corrected chi connectivity index (χ0v) is 10.3.